The zero-order valence-corrected chi connectivity index (χ0v) is 12.5. The number of rotatable bonds is 4. The fourth-order valence-corrected chi connectivity index (χ4v) is 2.11. The summed E-state index contributed by atoms with van der Waals surface area (Å²) in [5, 5.41) is 1.16. The Bertz CT molecular complexity index is 565. The van der Waals surface area contributed by atoms with Crippen LogP contribution in [0.25, 0.3) is 10.9 Å². The molecule has 18 heavy (non-hydrogen) atoms. The number of fused-ring (bicyclic) bond motifs is 1. The van der Waals surface area contributed by atoms with Crippen LogP contribution in [0.2, 0.25) is 0 Å². The molecule has 96 valence electrons. The van der Waals surface area contributed by atoms with Gasteiger partial charge in [-0.1, -0.05) is 0 Å². The van der Waals surface area contributed by atoms with E-state index in [1.165, 1.54) is 5.56 Å². The van der Waals surface area contributed by atoms with Gasteiger partial charge in [-0.15, -0.1) is 0 Å². The van der Waals surface area contributed by atoms with Crippen LogP contribution in [0.5, 0.6) is 5.75 Å². The van der Waals surface area contributed by atoms with Crippen LogP contribution in [0.3, 0.4) is 0 Å². The minimum absolute atomic E-state index is 0.0769. The number of H-pyrrole nitrogens is 1. The predicted octanol–water partition coefficient (Wildman–Crippen LogP) is 2.92. The highest BCUT2D eigenvalue weighted by Gasteiger charge is 2.08. The first kappa shape index (κ1) is 13.2. The summed E-state index contributed by atoms with van der Waals surface area (Å²) in [7, 11) is 1.66. The first-order chi connectivity index (χ1) is 8.61. The van der Waals surface area contributed by atoms with Crippen LogP contribution in [-0.2, 0) is 11.2 Å². The summed E-state index contributed by atoms with van der Waals surface area (Å²) in [4.78, 5) is 14.4. The zero-order chi connectivity index (χ0) is 13.1. The normalized spacial score (nSPS) is 10.6. The van der Waals surface area contributed by atoms with E-state index in [4.69, 9.17) is 4.74 Å². The van der Waals surface area contributed by atoms with Crippen molar-refractivity contribution in [3.8, 4) is 5.75 Å². The quantitative estimate of drug-likeness (QED) is 0.675. The molecule has 0 saturated heterocycles. The van der Waals surface area contributed by atoms with Gasteiger partial charge in [0.25, 0.3) is 0 Å². The van der Waals surface area contributed by atoms with Crippen molar-refractivity contribution in [3.05, 3.63) is 30.0 Å². The third-order valence-corrected chi connectivity index (χ3v) is 4.06. The molecule has 5 heteroatoms. The molecule has 0 bridgehead atoms. The molecule has 1 amide bonds. The topological polar surface area (TPSA) is 45.3 Å². The molecule has 0 aliphatic heterocycles. The van der Waals surface area contributed by atoms with Gasteiger partial charge in [0.2, 0.25) is 5.91 Å². The number of aromatic nitrogens is 1. The van der Waals surface area contributed by atoms with E-state index in [0.29, 0.717) is 6.54 Å². The first-order valence-electron chi connectivity index (χ1n) is 5.69. The Hall–Kier alpha value is -1.24. The Labute approximate surface area is 120 Å². The minimum atomic E-state index is 0.0769. The maximum Gasteiger partial charge on any atom is 0.228 e. The van der Waals surface area contributed by atoms with Gasteiger partial charge in [-0.2, -0.15) is 0 Å². The van der Waals surface area contributed by atoms with Gasteiger partial charge in [0.1, 0.15) is 5.75 Å². The lowest BCUT2D eigenvalue weighted by atomic mass is 10.1. The summed E-state index contributed by atoms with van der Waals surface area (Å²) < 4.78 is 6.92. The van der Waals surface area contributed by atoms with Gasteiger partial charge in [-0.25, -0.2) is 0 Å². The second kappa shape index (κ2) is 5.60. The standard InChI is InChI=1S/C13H15IN2O2/c1-9(17)16(14)6-5-10-8-15-13-4-3-11(18-2)7-12(10)13/h3-4,7-8,15H,5-6H2,1-2H3. The van der Waals surface area contributed by atoms with E-state index < -0.39 is 0 Å². The van der Waals surface area contributed by atoms with Crippen LogP contribution in [0.1, 0.15) is 12.5 Å². The molecule has 0 saturated carbocycles. The summed E-state index contributed by atoms with van der Waals surface area (Å²) in [6.07, 6.45) is 2.82. The Morgan fingerprint density at radius 2 is 2.28 bits per heavy atom. The number of halogens is 1. The van der Waals surface area contributed by atoms with Crippen molar-refractivity contribution in [2.75, 3.05) is 13.7 Å². The summed E-state index contributed by atoms with van der Waals surface area (Å²) in [5.74, 6) is 0.925. The molecule has 2 rings (SSSR count). The van der Waals surface area contributed by atoms with Gasteiger partial charge in [0.15, 0.2) is 0 Å². The first-order valence-corrected chi connectivity index (χ1v) is 6.66. The molecule has 0 aliphatic rings. The Morgan fingerprint density at radius 1 is 1.50 bits per heavy atom. The number of nitrogens with one attached hydrogen (secondary N) is 1. The van der Waals surface area contributed by atoms with E-state index in [-0.39, 0.29) is 5.91 Å². The minimum Gasteiger partial charge on any atom is -0.497 e. The lowest BCUT2D eigenvalue weighted by molar-refractivity contribution is -0.122. The van der Waals surface area contributed by atoms with Gasteiger partial charge < -0.3 is 9.72 Å². The van der Waals surface area contributed by atoms with Crippen molar-refractivity contribution in [3.63, 3.8) is 0 Å². The molecule has 0 radical (unpaired) electrons. The van der Waals surface area contributed by atoms with E-state index in [1.54, 1.807) is 17.1 Å². The Balaban J connectivity index is 2.20. The maximum absolute atomic E-state index is 11.2. The number of hydrogen-bond donors (Lipinski definition) is 1. The number of carbonyl (C=O) groups is 1. The number of methoxy groups -OCH3 is 1. The van der Waals surface area contributed by atoms with Gasteiger partial charge in [0.05, 0.1) is 30.0 Å². The third kappa shape index (κ3) is 2.77. The number of carbonyl (C=O) groups excluding carboxylic acids is 1. The fourth-order valence-electron chi connectivity index (χ4n) is 1.87. The highest BCUT2D eigenvalue weighted by molar-refractivity contribution is 14.1. The van der Waals surface area contributed by atoms with Crippen LogP contribution < -0.4 is 4.74 Å². The maximum atomic E-state index is 11.2. The van der Waals surface area contributed by atoms with Crippen molar-refractivity contribution < 1.29 is 9.53 Å². The Kier molecular flexibility index (Phi) is 4.11. The molecule has 0 atom stereocenters. The summed E-state index contributed by atoms with van der Waals surface area (Å²) in [5.41, 5.74) is 2.29. The van der Waals surface area contributed by atoms with E-state index in [1.807, 2.05) is 47.3 Å². The van der Waals surface area contributed by atoms with E-state index in [2.05, 4.69) is 4.98 Å². The van der Waals surface area contributed by atoms with Crippen molar-refractivity contribution in [2.45, 2.75) is 13.3 Å². The van der Waals surface area contributed by atoms with Gasteiger partial charge >= 0.3 is 0 Å². The predicted molar refractivity (Wildman–Crippen MR) is 80.0 cm³/mol. The summed E-state index contributed by atoms with van der Waals surface area (Å²) >= 11 is 2.04. The van der Waals surface area contributed by atoms with Crippen LogP contribution in [0.15, 0.2) is 24.4 Å². The summed E-state index contributed by atoms with van der Waals surface area (Å²) in [6, 6.07) is 5.96. The van der Waals surface area contributed by atoms with Gasteiger partial charge in [-0.05, 0) is 30.2 Å². The number of ether oxygens (including phenoxy) is 1. The van der Waals surface area contributed by atoms with Crippen LogP contribution in [0, 0.1) is 0 Å². The number of benzene rings is 1. The van der Waals surface area contributed by atoms with Crippen LogP contribution in [0.4, 0.5) is 0 Å². The molecule has 2 aromatic rings. The lowest BCUT2D eigenvalue weighted by Crippen LogP contribution is -2.19. The molecule has 0 spiro atoms. The molecule has 0 unspecified atom stereocenters. The van der Waals surface area contributed by atoms with Crippen molar-refractivity contribution >= 4 is 39.7 Å². The van der Waals surface area contributed by atoms with E-state index in [0.717, 1.165) is 23.1 Å². The number of hydrogen-bond acceptors (Lipinski definition) is 2. The monoisotopic (exact) mass is 358 g/mol. The lowest BCUT2D eigenvalue weighted by Gasteiger charge is -2.11. The number of amides is 1. The molecule has 1 heterocycles. The summed E-state index contributed by atoms with van der Waals surface area (Å²) in [6.45, 7) is 2.28. The van der Waals surface area contributed by atoms with Crippen molar-refractivity contribution in [1.29, 1.82) is 0 Å². The third-order valence-electron chi connectivity index (χ3n) is 2.89. The van der Waals surface area contributed by atoms with Crippen LogP contribution in [-0.4, -0.2) is 27.7 Å². The zero-order valence-electron chi connectivity index (χ0n) is 10.4. The van der Waals surface area contributed by atoms with Gasteiger partial charge in [-0.3, -0.25) is 7.91 Å². The highest BCUT2D eigenvalue weighted by atomic mass is 127. The molecule has 1 N–H and O–H groups in total. The molecule has 4 nitrogen and oxygen atoms in total. The highest BCUT2D eigenvalue weighted by Crippen LogP contribution is 2.24. The molecule has 0 fully saturated rings. The second-order valence-corrected chi connectivity index (χ2v) is 5.24. The molecular weight excluding hydrogens is 343 g/mol. The van der Waals surface area contributed by atoms with Crippen molar-refractivity contribution in [2.24, 2.45) is 0 Å². The molecular formula is C13H15IN2O2. The van der Waals surface area contributed by atoms with E-state index >= 15 is 0 Å². The fraction of sp³-hybridized carbons (Fsp3) is 0.308. The Morgan fingerprint density at radius 3 is 2.94 bits per heavy atom. The molecule has 1 aromatic heterocycles. The second-order valence-electron chi connectivity index (χ2n) is 4.08. The van der Waals surface area contributed by atoms with E-state index in [9.17, 15) is 4.79 Å². The van der Waals surface area contributed by atoms with Crippen LogP contribution >= 0.6 is 22.9 Å². The SMILES string of the molecule is COc1ccc2[nH]cc(CCN(I)C(C)=O)c2c1. The van der Waals surface area contributed by atoms with Crippen molar-refractivity contribution in [1.82, 2.24) is 8.10 Å². The average Bonchev–Trinajstić information content (AvgIpc) is 2.77. The average molecular weight is 358 g/mol. The molecule has 0 aliphatic carbocycles. The number of nitrogens with zero attached hydrogens (tertiary/aromatic N) is 1. The number of aromatic amines is 1. The largest absolute Gasteiger partial charge is 0.497 e. The van der Waals surface area contributed by atoms with Gasteiger partial charge in [0, 0.05) is 30.6 Å². The smallest absolute Gasteiger partial charge is 0.228 e. The molecule has 1 aromatic carbocycles.